The smallest absolute Gasteiger partial charge is 0.318 e. The summed E-state index contributed by atoms with van der Waals surface area (Å²) in [4.78, 5) is 30.5. The summed E-state index contributed by atoms with van der Waals surface area (Å²) < 4.78 is 31.6. The zero-order chi connectivity index (χ0) is 31.5. The van der Waals surface area contributed by atoms with Crippen molar-refractivity contribution in [2.45, 2.75) is 50.7 Å². The first-order chi connectivity index (χ1) is 21.8. The number of ether oxygens (including phenoxy) is 1. The number of anilines is 2. The zero-order valence-electron chi connectivity index (χ0n) is 25.1. The van der Waals surface area contributed by atoms with Crippen LogP contribution < -0.4 is 14.5 Å². The molecule has 0 aliphatic carbocycles. The van der Waals surface area contributed by atoms with Crippen molar-refractivity contribution >= 4 is 39.8 Å². The van der Waals surface area contributed by atoms with E-state index >= 15 is 0 Å². The highest BCUT2D eigenvalue weighted by atomic mass is 35.5. The summed E-state index contributed by atoms with van der Waals surface area (Å²) >= 11 is 6.68. The molecule has 0 spiro atoms. The largest absolute Gasteiger partial charge is 0.462 e. The van der Waals surface area contributed by atoms with Crippen LogP contribution in [0.4, 0.5) is 20.3 Å². The van der Waals surface area contributed by atoms with E-state index in [1.54, 1.807) is 5.92 Å². The molecule has 0 radical (unpaired) electrons. The third kappa shape index (κ3) is 6.61. The molecule has 3 aliphatic rings. The fourth-order valence-electron chi connectivity index (χ4n) is 6.60. The lowest BCUT2D eigenvalue weighted by atomic mass is 10.0. The Labute approximate surface area is 266 Å². The fourth-order valence-corrected chi connectivity index (χ4v) is 6.88. The Morgan fingerprint density at radius 1 is 1.11 bits per heavy atom. The van der Waals surface area contributed by atoms with Gasteiger partial charge in [0, 0.05) is 54.8 Å². The van der Waals surface area contributed by atoms with Crippen molar-refractivity contribution in [3.8, 4) is 23.9 Å². The van der Waals surface area contributed by atoms with Crippen molar-refractivity contribution in [3.05, 3.63) is 52.7 Å². The van der Waals surface area contributed by atoms with E-state index in [2.05, 4.69) is 46.0 Å². The number of piperazine rings is 1. The minimum Gasteiger partial charge on any atom is -0.462 e. The van der Waals surface area contributed by atoms with Gasteiger partial charge >= 0.3 is 6.01 Å². The summed E-state index contributed by atoms with van der Waals surface area (Å²) in [6, 6.07) is 14.2. The van der Waals surface area contributed by atoms with Crippen molar-refractivity contribution in [2.75, 3.05) is 56.2 Å². The number of hydrogen-bond acceptors (Lipinski definition) is 8. The Morgan fingerprint density at radius 2 is 1.93 bits per heavy atom. The first kappa shape index (κ1) is 30.8. The first-order valence-corrected chi connectivity index (χ1v) is 15.6. The Balaban J connectivity index is 1.32. The van der Waals surface area contributed by atoms with E-state index in [-0.39, 0.29) is 19.0 Å². The van der Waals surface area contributed by atoms with Crippen LogP contribution in [0, 0.1) is 23.2 Å². The standard InChI is InChI=1S/C33H34ClF2N7O2/c1-40-15-4-7-24(40)21-45-33-38-27-20-41(28-9-3-6-22-5-2-8-26(34)31(22)28)16-13-25(27)32(39-33)42-17-18-43(23(19-42)12-14-37)30(44)11-10-29(35)36/h2-3,5-6,8-9,23-24,29H,4,7,12-13,15-21H2,1H3/t23-,24-/m0/s1. The summed E-state index contributed by atoms with van der Waals surface area (Å²) in [5, 5.41) is 12.3. The molecule has 1 aromatic heterocycles. The predicted octanol–water partition coefficient (Wildman–Crippen LogP) is 4.52. The molecule has 2 saturated heterocycles. The second-order valence-corrected chi connectivity index (χ2v) is 12.1. The number of fused-ring (bicyclic) bond motifs is 2. The Morgan fingerprint density at radius 3 is 2.69 bits per heavy atom. The number of alkyl halides is 2. The fraction of sp³-hybridized carbons (Fsp3) is 0.455. The van der Waals surface area contributed by atoms with Crippen LogP contribution in [0.3, 0.4) is 0 Å². The summed E-state index contributed by atoms with van der Waals surface area (Å²) in [5.74, 6) is 3.70. The van der Waals surface area contributed by atoms with Crippen molar-refractivity contribution in [1.82, 2.24) is 19.8 Å². The number of hydrogen-bond donors (Lipinski definition) is 0. The lowest BCUT2D eigenvalue weighted by Gasteiger charge is -2.41. The second-order valence-electron chi connectivity index (χ2n) is 11.7. The number of nitrogens with zero attached hydrogens (tertiary/aromatic N) is 7. The molecule has 12 heteroatoms. The van der Waals surface area contributed by atoms with Gasteiger partial charge in [-0.3, -0.25) is 4.79 Å². The van der Waals surface area contributed by atoms with E-state index in [1.807, 2.05) is 24.1 Å². The predicted molar refractivity (Wildman–Crippen MR) is 169 cm³/mol. The molecule has 0 bridgehead atoms. The third-order valence-corrected chi connectivity index (χ3v) is 9.24. The molecule has 2 fully saturated rings. The monoisotopic (exact) mass is 633 g/mol. The SMILES string of the molecule is CN1CCC[C@H]1COc1nc2c(c(N3CCN(C(=O)C#CC(F)F)[C@@H](CC#N)C3)n1)CCN(c1cccc3cccc(Cl)c13)C2. The van der Waals surface area contributed by atoms with Crippen LogP contribution in [0.1, 0.15) is 30.5 Å². The van der Waals surface area contributed by atoms with Crippen LogP contribution >= 0.6 is 11.6 Å². The van der Waals surface area contributed by atoms with Crippen molar-refractivity contribution in [2.24, 2.45) is 0 Å². The summed E-state index contributed by atoms with van der Waals surface area (Å²) in [6.07, 6.45) is -0.0275. The molecule has 0 unspecified atom stereocenters. The Hall–Kier alpha value is -4.19. The van der Waals surface area contributed by atoms with Crippen LogP contribution in [0.2, 0.25) is 5.02 Å². The van der Waals surface area contributed by atoms with Gasteiger partial charge in [-0.05, 0) is 56.3 Å². The molecule has 3 aromatic rings. The highest BCUT2D eigenvalue weighted by Gasteiger charge is 2.34. The number of amides is 1. The molecule has 4 heterocycles. The number of likely N-dealkylation sites (tertiary alicyclic amines) is 1. The molecule has 3 aliphatic heterocycles. The van der Waals surface area contributed by atoms with Gasteiger partial charge in [0.05, 0.1) is 35.8 Å². The van der Waals surface area contributed by atoms with Gasteiger partial charge < -0.3 is 24.3 Å². The quantitative estimate of drug-likeness (QED) is 0.366. The minimum atomic E-state index is -2.90. The van der Waals surface area contributed by atoms with Gasteiger partial charge in [-0.1, -0.05) is 35.9 Å². The van der Waals surface area contributed by atoms with Crippen LogP contribution in [-0.4, -0.2) is 90.6 Å². The number of aromatic nitrogens is 2. The van der Waals surface area contributed by atoms with Crippen molar-refractivity contribution < 1.29 is 18.3 Å². The Kier molecular flexibility index (Phi) is 9.20. The topological polar surface area (TPSA) is 88.8 Å². The maximum atomic E-state index is 12.7. The number of carbonyl (C=O) groups is 1. The maximum Gasteiger partial charge on any atom is 0.318 e. The lowest BCUT2D eigenvalue weighted by Crippen LogP contribution is -2.55. The number of benzene rings is 2. The molecular formula is C33H34ClF2N7O2. The van der Waals surface area contributed by atoms with Crippen LogP contribution in [0.5, 0.6) is 6.01 Å². The van der Waals surface area contributed by atoms with E-state index in [1.165, 1.54) is 4.90 Å². The highest BCUT2D eigenvalue weighted by Crippen LogP contribution is 2.37. The molecule has 45 heavy (non-hydrogen) atoms. The molecule has 6 rings (SSSR count). The zero-order valence-corrected chi connectivity index (χ0v) is 25.8. The number of rotatable bonds is 6. The average Bonchev–Trinajstić information content (AvgIpc) is 3.46. The van der Waals surface area contributed by atoms with Gasteiger partial charge in [0.25, 0.3) is 12.3 Å². The molecule has 2 atom stereocenters. The maximum absolute atomic E-state index is 12.7. The van der Waals surface area contributed by atoms with Gasteiger partial charge in [0.2, 0.25) is 0 Å². The number of halogens is 3. The second kappa shape index (κ2) is 13.4. The molecule has 9 nitrogen and oxygen atoms in total. The molecular weight excluding hydrogens is 600 g/mol. The van der Waals surface area contributed by atoms with E-state index in [9.17, 15) is 18.8 Å². The molecule has 234 valence electrons. The highest BCUT2D eigenvalue weighted by molar-refractivity contribution is 6.36. The summed E-state index contributed by atoms with van der Waals surface area (Å²) in [5.41, 5.74) is 2.88. The van der Waals surface area contributed by atoms with Gasteiger partial charge in [-0.2, -0.15) is 24.0 Å². The van der Waals surface area contributed by atoms with Crippen LogP contribution in [0.15, 0.2) is 36.4 Å². The first-order valence-electron chi connectivity index (χ1n) is 15.2. The van der Waals surface area contributed by atoms with Crippen molar-refractivity contribution in [3.63, 3.8) is 0 Å². The normalized spacial score (nSPS) is 20.1. The summed E-state index contributed by atoms with van der Waals surface area (Å²) in [7, 11) is 2.09. The van der Waals surface area contributed by atoms with Crippen LogP contribution in [-0.2, 0) is 17.8 Å². The average molecular weight is 634 g/mol. The number of carbonyl (C=O) groups excluding carboxylic acids is 1. The van der Waals surface area contributed by atoms with Crippen LogP contribution in [0.25, 0.3) is 10.8 Å². The van der Waals surface area contributed by atoms with E-state index in [4.69, 9.17) is 26.3 Å². The van der Waals surface area contributed by atoms with Gasteiger partial charge in [-0.25, -0.2) is 0 Å². The molecule has 0 saturated carbocycles. The molecule has 0 N–H and O–H groups in total. The van der Waals surface area contributed by atoms with E-state index < -0.39 is 18.4 Å². The van der Waals surface area contributed by atoms with Crippen molar-refractivity contribution in [1.29, 1.82) is 5.26 Å². The lowest BCUT2D eigenvalue weighted by molar-refractivity contribution is -0.127. The Bertz CT molecular complexity index is 1680. The third-order valence-electron chi connectivity index (χ3n) is 8.93. The number of likely N-dealkylation sites (N-methyl/N-ethyl adjacent to an activating group) is 1. The van der Waals surface area contributed by atoms with Gasteiger partial charge in [0.1, 0.15) is 12.4 Å². The minimum absolute atomic E-state index is 0.0405. The summed E-state index contributed by atoms with van der Waals surface area (Å²) in [6.45, 7) is 3.68. The molecule has 1 amide bonds. The molecule has 2 aromatic carbocycles. The van der Waals surface area contributed by atoms with E-state index in [0.29, 0.717) is 50.2 Å². The number of nitriles is 1. The van der Waals surface area contributed by atoms with Gasteiger partial charge in [-0.15, -0.1) is 0 Å². The van der Waals surface area contributed by atoms with Gasteiger partial charge in [0.15, 0.2) is 0 Å². The van der Waals surface area contributed by atoms with E-state index in [0.717, 1.165) is 52.9 Å².